The fourth-order valence-corrected chi connectivity index (χ4v) is 4.05. The Morgan fingerprint density at radius 2 is 1.88 bits per heavy atom. The van der Waals surface area contributed by atoms with Gasteiger partial charge in [-0.1, -0.05) is 0 Å². The van der Waals surface area contributed by atoms with Gasteiger partial charge >= 0.3 is 6.03 Å². The number of carbonyl (C=O) groups is 2. The second-order valence-electron chi connectivity index (χ2n) is 7.37. The van der Waals surface area contributed by atoms with Crippen molar-refractivity contribution in [2.45, 2.75) is 24.6 Å². The lowest BCUT2D eigenvalue weighted by molar-refractivity contribution is -0.118. The molecule has 11 nitrogen and oxygen atoms in total. The predicted octanol–water partition coefficient (Wildman–Crippen LogP) is 0.493. The van der Waals surface area contributed by atoms with E-state index in [0.717, 1.165) is 12.8 Å². The van der Waals surface area contributed by atoms with E-state index in [2.05, 4.69) is 31.2 Å². The maximum Gasteiger partial charge on any atom is 0.319 e. The molecule has 2 aromatic rings. The van der Waals surface area contributed by atoms with Gasteiger partial charge in [-0.2, -0.15) is 0 Å². The van der Waals surface area contributed by atoms with Crippen molar-refractivity contribution >= 4 is 33.3 Å². The highest BCUT2D eigenvalue weighted by Gasteiger charge is 2.23. The Hall–Kier alpha value is -3.25. The minimum atomic E-state index is -3.74. The number of aliphatic hydroxyl groups excluding tert-OH is 1. The number of hydrogen-bond donors (Lipinski definition) is 5. The second-order valence-corrected chi connectivity index (χ2v) is 9.44. The molecule has 3 rings (SSSR count). The highest BCUT2D eigenvalue weighted by molar-refractivity contribution is 7.91. The Labute approximate surface area is 186 Å². The first-order chi connectivity index (χ1) is 15.3. The van der Waals surface area contributed by atoms with Crippen molar-refractivity contribution < 1.29 is 23.1 Å². The molecule has 5 N–H and O–H groups in total. The molecular formula is C20H26N6O5S. The summed E-state index contributed by atoms with van der Waals surface area (Å²) in [5.74, 6) is -1.07. The molecule has 0 unspecified atom stereocenters. The lowest BCUT2D eigenvalue weighted by Crippen LogP contribution is -2.30. The van der Waals surface area contributed by atoms with Crippen LogP contribution in [0.15, 0.2) is 30.3 Å². The van der Waals surface area contributed by atoms with Crippen molar-refractivity contribution in [3.05, 3.63) is 36.0 Å². The van der Waals surface area contributed by atoms with Crippen LogP contribution in [-0.4, -0.2) is 67.4 Å². The minimum Gasteiger partial charge on any atom is -0.395 e. The van der Waals surface area contributed by atoms with Crippen LogP contribution >= 0.6 is 0 Å². The number of rotatable bonds is 10. The fraction of sp³-hybridized carbons (Fsp3) is 0.400. The molecule has 0 spiro atoms. The number of sulfone groups is 1. The first-order valence-electron chi connectivity index (χ1n) is 10.1. The predicted molar refractivity (Wildman–Crippen MR) is 120 cm³/mol. The Morgan fingerprint density at radius 3 is 2.50 bits per heavy atom. The summed E-state index contributed by atoms with van der Waals surface area (Å²) in [6.07, 6.45) is 1.98. The monoisotopic (exact) mass is 462 g/mol. The smallest absolute Gasteiger partial charge is 0.319 e. The summed E-state index contributed by atoms with van der Waals surface area (Å²) >= 11 is 0. The molecule has 172 valence electrons. The van der Waals surface area contributed by atoms with Crippen LogP contribution in [-0.2, 0) is 20.4 Å². The van der Waals surface area contributed by atoms with E-state index in [0.29, 0.717) is 17.1 Å². The Balaban J connectivity index is 1.80. The lowest BCUT2D eigenvalue weighted by atomic mass is 10.2. The summed E-state index contributed by atoms with van der Waals surface area (Å²) in [6, 6.07) is 8.26. The number of urea groups is 1. The van der Waals surface area contributed by atoms with Crippen LogP contribution in [0.2, 0.25) is 0 Å². The molecular weight excluding hydrogens is 436 g/mol. The second kappa shape index (κ2) is 10.4. The zero-order valence-electron chi connectivity index (χ0n) is 17.6. The standard InChI is InChI=1S/C20H26N6O5S/c1-21-18(28)12-32(30,31)11-16-10-17(22-8-9-27)26-19(23-16)13-2-4-14(5-3-13)24-20(29)25-15-6-7-15/h2-5,10,15,27H,6-9,11-12H2,1H3,(H,21,28)(H,22,23,26)(H2,24,25,29). The molecule has 3 amide bonds. The Bertz CT molecular complexity index is 1070. The zero-order valence-corrected chi connectivity index (χ0v) is 18.4. The van der Waals surface area contributed by atoms with Crippen LogP contribution in [0, 0.1) is 0 Å². The van der Waals surface area contributed by atoms with Gasteiger partial charge in [0.25, 0.3) is 0 Å². The first kappa shape index (κ1) is 23.4. The molecule has 12 heteroatoms. The van der Waals surface area contributed by atoms with Crippen LogP contribution in [0.3, 0.4) is 0 Å². The van der Waals surface area contributed by atoms with Gasteiger partial charge in [-0.3, -0.25) is 4.79 Å². The van der Waals surface area contributed by atoms with Crippen molar-refractivity contribution in [2.75, 3.05) is 36.6 Å². The van der Waals surface area contributed by atoms with E-state index < -0.39 is 27.3 Å². The average molecular weight is 463 g/mol. The highest BCUT2D eigenvalue weighted by atomic mass is 32.2. The van der Waals surface area contributed by atoms with E-state index in [4.69, 9.17) is 5.11 Å². The molecule has 0 bridgehead atoms. The van der Waals surface area contributed by atoms with E-state index in [9.17, 15) is 18.0 Å². The number of nitrogens with one attached hydrogen (secondary N) is 4. The SMILES string of the molecule is CNC(=O)CS(=O)(=O)Cc1cc(NCCO)nc(-c2ccc(NC(=O)NC3CC3)cc2)n1. The quantitative estimate of drug-likeness (QED) is 0.341. The largest absolute Gasteiger partial charge is 0.395 e. The molecule has 1 heterocycles. The maximum atomic E-state index is 12.3. The number of hydrogen-bond acceptors (Lipinski definition) is 8. The van der Waals surface area contributed by atoms with Gasteiger partial charge in [-0.25, -0.2) is 23.2 Å². The van der Waals surface area contributed by atoms with E-state index in [1.54, 1.807) is 24.3 Å². The van der Waals surface area contributed by atoms with Crippen LogP contribution in [0.5, 0.6) is 0 Å². The van der Waals surface area contributed by atoms with Gasteiger partial charge in [0, 0.05) is 37.0 Å². The number of nitrogens with zero attached hydrogens (tertiary/aromatic N) is 2. The van der Waals surface area contributed by atoms with Crippen LogP contribution in [0.25, 0.3) is 11.4 Å². The summed E-state index contributed by atoms with van der Waals surface area (Å²) in [5.41, 5.74) is 1.41. The summed E-state index contributed by atoms with van der Waals surface area (Å²) in [5, 5.41) is 19.8. The van der Waals surface area contributed by atoms with E-state index in [1.165, 1.54) is 13.1 Å². The third-order valence-electron chi connectivity index (χ3n) is 4.51. The van der Waals surface area contributed by atoms with Gasteiger partial charge in [-0.05, 0) is 37.1 Å². The van der Waals surface area contributed by atoms with Crippen molar-refractivity contribution in [3.8, 4) is 11.4 Å². The zero-order chi connectivity index (χ0) is 23.1. The Morgan fingerprint density at radius 1 is 1.16 bits per heavy atom. The van der Waals surface area contributed by atoms with E-state index in [1.807, 2.05) is 0 Å². The van der Waals surface area contributed by atoms with Crippen molar-refractivity contribution in [3.63, 3.8) is 0 Å². The molecule has 1 saturated carbocycles. The summed E-state index contributed by atoms with van der Waals surface area (Å²) in [4.78, 5) is 32.1. The van der Waals surface area contributed by atoms with Gasteiger partial charge in [0.1, 0.15) is 11.6 Å². The number of amides is 3. The number of benzene rings is 1. The topological polar surface area (TPSA) is 162 Å². The van der Waals surface area contributed by atoms with Gasteiger partial charge in [0.05, 0.1) is 18.1 Å². The molecule has 1 aromatic carbocycles. The molecule has 1 aliphatic carbocycles. The van der Waals surface area contributed by atoms with Gasteiger partial charge in [0.2, 0.25) is 5.91 Å². The molecule has 1 aromatic heterocycles. The molecule has 1 aliphatic rings. The fourth-order valence-electron chi connectivity index (χ4n) is 2.81. The summed E-state index contributed by atoms with van der Waals surface area (Å²) in [7, 11) is -2.37. The number of carbonyl (C=O) groups excluding carboxylic acids is 2. The van der Waals surface area contributed by atoms with Crippen molar-refractivity contribution in [1.29, 1.82) is 0 Å². The molecule has 0 saturated heterocycles. The highest BCUT2D eigenvalue weighted by Crippen LogP contribution is 2.22. The molecule has 0 aliphatic heterocycles. The third kappa shape index (κ3) is 7.17. The number of aliphatic hydroxyl groups is 1. The number of anilines is 2. The first-order valence-corrected chi connectivity index (χ1v) is 11.9. The van der Waals surface area contributed by atoms with E-state index in [-0.39, 0.29) is 36.7 Å². The maximum absolute atomic E-state index is 12.3. The molecule has 0 atom stereocenters. The van der Waals surface area contributed by atoms with Gasteiger partial charge in [0.15, 0.2) is 15.7 Å². The van der Waals surface area contributed by atoms with Crippen molar-refractivity contribution in [2.24, 2.45) is 0 Å². The van der Waals surface area contributed by atoms with Crippen LogP contribution in [0.4, 0.5) is 16.3 Å². The summed E-state index contributed by atoms with van der Waals surface area (Å²) < 4.78 is 24.7. The Kier molecular flexibility index (Phi) is 7.59. The third-order valence-corrected chi connectivity index (χ3v) is 5.95. The van der Waals surface area contributed by atoms with Gasteiger partial charge in [-0.15, -0.1) is 0 Å². The van der Waals surface area contributed by atoms with Gasteiger partial charge < -0.3 is 26.4 Å². The van der Waals surface area contributed by atoms with Crippen LogP contribution < -0.4 is 21.3 Å². The van der Waals surface area contributed by atoms with E-state index >= 15 is 0 Å². The normalized spacial score (nSPS) is 13.3. The minimum absolute atomic E-state index is 0.132. The average Bonchev–Trinajstić information content (AvgIpc) is 3.55. The lowest BCUT2D eigenvalue weighted by Gasteiger charge is -2.11. The van der Waals surface area contributed by atoms with Crippen LogP contribution in [0.1, 0.15) is 18.5 Å². The number of aromatic nitrogens is 2. The molecule has 32 heavy (non-hydrogen) atoms. The summed E-state index contributed by atoms with van der Waals surface area (Å²) in [6.45, 7) is 0.0901. The van der Waals surface area contributed by atoms with Crippen molar-refractivity contribution in [1.82, 2.24) is 20.6 Å². The molecule has 1 fully saturated rings. The molecule has 0 radical (unpaired) electrons.